The maximum absolute atomic E-state index is 12.8. The third kappa shape index (κ3) is 3.81. The average Bonchev–Trinajstić information content (AvgIpc) is 3.42. The summed E-state index contributed by atoms with van der Waals surface area (Å²) in [4.78, 5) is 31.4. The van der Waals surface area contributed by atoms with Crippen LogP contribution < -0.4 is 5.32 Å². The van der Waals surface area contributed by atoms with Crippen LogP contribution in [0.5, 0.6) is 0 Å². The van der Waals surface area contributed by atoms with Crippen molar-refractivity contribution in [1.29, 1.82) is 0 Å². The second-order valence-corrected chi connectivity index (χ2v) is 8.11. The van der Waals surface area contributed by atoms with Crippen molar-refractivity contribution in [3.8, 4) is 0 Å². The molecule has 1 atom stereocenters. The maximum Gasteiger partial charge on any atom is 0.260 e. The molecule has 1 fully saturated rings. The third-order valence-corrected chi connectivity index (χ3v) is 6.22. The summed E-state index contributed by atoms with van der Waals surface area (Å²) in [6.45, 7) is 2.52. The Balaban J connectivity index is 1.39. The fourth-order valence-corrected chi connectivity index (χ4v) is 4.78. The highest BCUT2D eigenvalue weighted by Gasteiger charge is 2.30. The molecule has 1 N–H and O–H groups in total. The molecule has 0 unspecified atom stereocenters. The van der Waals surface area contributed by atoms with Gasteiger partial charge in [0.25, 0.3) is 5.91 Å². The van der Waals surface area contributed by atoms with Gasteiger partial charge in [0.1, 0.15) is 5.76 Å². The summed E-state index contributed by atoms with van der Waals surface area (Å²) in [5, 5.41) is 9.24. The van der Waals surface area contributed by atoms with Gasteiger partial charge in [-0.05, 0) is 48.2 Å². The van der Waals surface area contributed by atoms with Crippen molar-refractivity contribution in [3.05, 3.63) is 57.1 Å². The molecular formula is C19H19N3O3S2. The number of aromatic nitrogens is 1. The van der Waals surface area contributed by atoms with Crippen LogP contribution in [-0.2, 0) is 11.2 Å². The summed E-state index contributed by atoms with van der Waals surface area (Å²) in [6.07, 6.45) is 3.76. The summed E-state index contributed by atoms with van der Waals surface area (Å²) >= 11 is 2.98. The SMILES string of the molecule is Cc1occc1C(=O)Nc1nc(CC(=O)N2CCC[C@H]2c2ccsc2)cs1. The first-order valence-electron chi connectivity index (χ1n) is 8.73. The van der Waals surface area contributed by atoms with Gasteiger partial charge in [-0.15, -0.1) is 11.3 Å². The Kier molecular flexibility index (Phi) is 5.09. The molecule has 4 rings (SSSR count). The van der Waals surface area contributed by atoms with Crippen LogP contribution in [0.2, 0.25) is 0 Å². The molecule has 0 aliphatic carbocycles. The monoisotopic (exact) mass is 401 g/mol. The number of nitrogens with zero attached hydrogens (tertiary/aromatic N) is 2. The molecule has 27 heavy (non-hydrogen) atoms. The fraction of sp³-hybridized carbons (Fsp3) is 0.316. The number of carbonyl (C=O) groups excluding carboxylic acids is 2. The largest absolute Gasteiger partial charge is 0.469 e. The topological polar surface area (TPSA) is 75.4 Å². The van der Waals surface area contributed by atoms with E-state index in [1.54, 1.807) is 24.3 Å². The van der Waals surface area contributed by atoms with E-state index in [2.05, 4.69) is 21.7 Å². The zero-order chi connectivity index (χ0) is 18.8. The number of amides is 2. The standard InChI is InChI=1S/C19H19N3O3S2/c1-12-15(4-7-25-12)18(24)21-19-20-14(11-27-19)9-17(23)22-6-2-3-16(22)13-5-8-26-10-13/h4-5,7-8,10-11,16H,2-3,6,9H2,1H3,(H,20,21,24)/t16-/m0/s1. The Morgan fingerprint density at radius 3 is 3.00 bits per heavy atom. The minimum Gasteiger partial charge on any atom is -0.469 e. The van der Waals surface area contributed by atoms with E-state index in [1.165, 1.54) is 23.2 Å². The molecule has 0 saturated carbocycles. The minimum absolute atomic E-state index is 0.0811. The van der Waals surface area contributed by atoms with Crippen LogP contribution in [0.4, 0.5) is 5.13 Å². The lowest BCUT2D eigenvalue weighted by Gasteiger charge is -2.24. The van der Waals surface area contributed by atoms with Crippen LogP contribution in [0, 0.1) is 6.92 Å². The number of carbonyl (C=O) groups is 2. The molecular weight excluding hydrogens is 382 g/mol. The molecule has 2 amide bonds. The van der Waals surface area contributed by atoms with Crippen LogP contribution in [0.15, 0.2) is 39.0 Å². The average molecular weight is 402 g/mol. The lowest BCUT2D eigenvalue weighted by atomic mass is 10.1. The van der Waals surface area contributed by atoms with Crippen LogP contribution in [0.25, 0.3) is 0 Å². The third-order valence-electron chi connectivity index (χ3n) is 4.71. The number of likely N-dealkylation sites (tertiary alicyclic amines) is 1. The van der Waals surface area contributed by atoms with Crippen molar-refractivity contribution < 1.29 is 14.0 Å². The zero-order valence-corrected chi connectivity index (χ0v) is 16.4. The van der Waals surface area contributed by atoms with Gasteiger partial charge in [0.2, 0.25) is 5.91 Å². The van der Waals surface area contributed by atoms with E-state index in [4.69, 9.17) is 4.42 Å². The molecule has 0 radical (unpaired) electrons. The second-order valence-electron chi connectivity index (χ2n) is 6.47. The van der Waals surface area contributed by atoms with Crippen LogP contribution >= 0.6 is 22.7 Å². The lowest BCUT2D eigenvalue weighted by molar-refractivity contribution is -0.131. The van der Waals surface area contributed by atoms with Crippen molar-refractivity contribution in [1.82, 2.24) is 9.88 Å². The first-order valence-corrected chi connectivity index (χ1v) is 10.6. The zero-order valence-electron chi connectivity index (χ0n) is 14.8. The number of hydrogen-bond donors (Lipinski definition) is 1. The van der Waals surface area contributed by atoms with Crippen LogP contribution in [0.3, 0.4) is 0 Å². The van der Waals surface area contributed by atoms with Gasteiger partial charge >= 0.3 is 0 Å². The van der Waals surface area contributed by atoms with E-state index < -0.39 is 0 Å². The molecule has 140 valence electrons. The van der Waals surface area contributed by atoms with Gasteiger partial charge < -0.3 is 9.32 Å². The normalized spacial score (nSPS) is 16.6. The molecule has 1 aliphatic heterocycles. The van der Waals surface area contributed by atoms with Crippen LogP contribution in [-0.4, -0.2) is 28.2 Å². The van der Waals surface area contributed by atoms with Crippen molar-refractivity contribution in [2.45, 2.75) is 32.2 Å². The molecule has 3 aromatic heterocycles. The number of nitrogens with one attached hydrogen (secondary N) is 1. The van der Waals surface area contributed by atoms with Crippen LogP contribution in [0.1, 0.15) is 46.3 Å². The molecule has 0 aromatic carbocycles. The van der Waals surface area contributed by atoms with E-state index in [0.717, 1.165) is 19.4 Å². The summed E-state index contributed by atoms with van der Waals surface area (Å²) in [7, 11) is 0. The van der Waals surface area contributed by atoms with Gasteiger partial charge in [-0.2, -0.15) is 11.3 Å². The number of thiazole rings is 1. The molecule has 1 aliphatic rings. The Morgan fingerprint density at radius 1 is 1.37 bits per heavy atom. The number of thiophene rings is 1. The first kappa shape index (κ1) is 17.9. The molecule has 0 spiro atoms. The highest BCUT2D eigenvalue weighted by atomic mass is 32.1. The number of anilines is 1. The molecule has 6 nitrogen and oxygen atoms in total. The Bertz CT molecular complexity index is 945. The summed E-state index contributed by atoms with van der Waals surface area (Å²) in [5.74, 6) is 0.385. The van der Waals surface area contributed by atoms with E-state index in [0.29, 0.717) is 22.1 Å². The van der Waals surface area contributed by atoms with Gasteiger partial charge in [-0.3, -0.25) is 14.9 Å². The van der Waals surface area contributed by atoms with Gasteiger partial charge in [-0.25, -0.2) is 4.98 Å². The first-order chi connectivity index (χ1) is 13.1. The quantitative estimate of drug-likeness (QED) is 0.693. The van der Waals surface area contributed by atoms with Crippen molar-refractivity contribution in [2.75, 3.05) is 11.9 Å². The predicted octanol–water partition coefficient (Wildman–Crippen LogP) is 4.26. The summed E-state index contributed by atoms with van der Waals surface area (Å²) in [6, 6.07) is 3.89. The van der Waals surface area contributed by atoms with Crippen molar-refractivity contribution >= 4 is 39.6 Å². The number of rotatable bonds is 5. The van der Waals surface area contributed by atoms with E-state index in [9.17, 15) is 9.59 Å². The minimum atomic E-state index is -0.259. The molecule has 0 bridgehead atoms. The van der Waals surface area contributed by atoms with Crippen molar-refractivity contribution in [2.24, 2.45) is 0 Å². The van der Waals surface area contributed by atoms with E-state index in [1.807, 2.05) is 15.7 Å². The lowest BCUT2D eigenvalue weighted by Crippen LogP contribution is -2.31. The highest BCUT2D eigenvalue weighted by molar-refractivity contribution is 7.14. The van der Waals surface area contributed by atoms with E-state index in [-0.39, 0.29) is 24.3 Å². The smallest absolute Gasteiger partial charge is 0.260 e. The maximum atomic E-state index is 12.8. The Morgan fingerprint density at radius 2 is 2.26 bits per heavy atom. The van der Waals surface area contributed by atoms with Gasteiger partial charge in [0.05, 0.1) is 30.0 Å². The molecule has 3 aromatic rings. The number of aryl methyl sites for hydroxylation is 1. The summed E-state index contributed by atoms with van der Waals surface area (Å²) < 4.78 is 5.15. The van der Waals surface area contributed by atoms with Gasteiger partial charge in [0, 0.05) is 11.9 Å². The Labute approximate surface area is 164 Å². The predicted molar refractivity (Wildman–Crippen MR) is 105 cm³/mol. The molecule has 4 heterocycles. The van der Waals surface area contributed by atoms with Gasteiger partial charge in [-0.1, -0.05) is 0 Å². The number of hydrogen-bond acceptors (Lipinski definition) is 6. The second kappa shape index (κ2) is 7.66. The molecule has 8 heteroatoms. The number of furan rings is 1. The fourth-order valence-electron chi connectivity index (χ4n) is 3.36. The van der Waals surface area contributed by atoms with Crippen molar-refractivity contribution in [3.63, 3.8) is 0 Å². The van der Waals surface area contributed by atoms with E-state index >= 15 is 0 Å². The Hall–Kier alpha value is -2.45. The summed E-state index contributed by atoms with van der Waals surface area (Å²) in [5.41, 5.74) is 2.38. The van der Waals surface area contributed by atoms with Gasteiger partial charge in [0.15, 0.2) is 5.13 Å². The molecule has 1 saturated heterocycles. The highest BCUT2D eigenvalue weighted by Crippen LogP contribution is 2.33.